The Morgan fingerprint density at radius 3 is 2.21 bits per heavy atom. The molecule has 6 nitrogen and oxygen atoms in total. The van der Waals surface area contributed by atoms with Gasteiger partial charge in [-0.15, -0.1) is 0 Å². The van der Waals surface area contributed by atoms with Crippen molar-refractivity contribution in [3.05, 3.63) is 63.6 Å². The maximum Gasteiger partial charge on any atom is 0.251 e. The van der Waals surface area contributed by atoms with Crippen LogP contribution in [0.25, 0.3) is 0 Å². The average molecular weight is 446 g/mol. The minimum Gasteiger partial charge on any atom is -0.352 e. The summed E-state index contributed by atoms with van der Waals surface area (Å²) in [5, 5.41) is 5.57. The summed E-state index contributed by atoms with van der Waals surface area (Å²) in [7, 11) is 1.57. The summed E-state index contributed by atoms with van der Waals surface area (Å²) in [4.78, 5) is 37.9. The number of nitrogens with zero attached hydrogens (tertiary/aromatic N) is 1. The highest BCUT2D eigenvalue weighted by molar-refractivity contribution is 9.10. The van der Waals surface area contributed by atoms with Crippen molar-refractivity contribution in [2.24, 2.45) is 0 Å². The van der Waals surface area contributed by atoms with Crippen LogP contribution >= 0.6 is 15.9 Å². The Hall–Kier alpha value is -2.67. The normalized spacial score (nSPS) is 10.3. The van der Waals surface area contributed by atoms with Crippen LogP contribution in [-0.4, -0.2) is 42.8 Å². The van der Waals surface area contributed by atoms with Crippen molar-refractivity contribution in [3.8, 4) is 0 Å². The lowest BCUT2D eigenvalue weighted by Gasteiger charge is -2.18. The summed E-state index contributed by atoms with van der Waals surface area (Å²) in [5.41, 5.74) is 3.24. The number of amides is 3. The van der Waals surface area contributed by atoms with Gasteiger partial charge in [-0.05, 0) is 49.2 Å². The molecule has 148 valence electrons. The molecule has 0 radical (unpaired) electrons. The average Bonchev–Trinajstić information content (AvgIpc) is 2.65. The fraction of sp³-hybridized carbons (Fsp3) is 0.286. The monoisotopic (exact) mass is 445 g/mol. The van der Waals surface area contributed by atoms with Crippen LogP contribution in [0.4, 0.5) is 5.69 Å². The van der Waals surface area contributed by atoms with E-state index in [0.717, 1.165) is 21.3 Å². The summed E-state index contributed by atoms with van der Waals surface area (Å²) >= 11 is 3.32. The molecule has 0 heterocycles. The van der Waals surface area contributed by atoms with Crippen LogP contribution in [0.2, 0.25) is 0 Å². The van der Waals surface area contributed by atoms with Gasteiger partial charge in [-0.3, -0.25) is 14.4 Å². The van der Waals surface area contributed by atoms with E-state index in [2.05, 4.69) is 26.6 Å². The van der Waals surface area contributed by atoms with Gasteiger partial charge in [-0.1, -0.05) is 34.1 Å². The second-order valence-electron chi connectivity index (χ2n) is 6.58. The van der Waals surface area contributed by atoms with Crippen LogP contribution in [-0.2, 0) is 9.59 Å². The van der Waals surface area contributed by atoms with Crippen LogP contribution in [0.3, 0.4) is 0 Å². The first-order valence-electron chi connectivity index (χ1n) is 8.91. The Morgan fingerprint density at radius 1 is 1.00 bits per heavy atom. The van der Waals surface area contributed by atoms with Crippen LogP contribution < -0.4 is 10.6 Å². The Kier molecular flexibility index (Phi) is 7.75. The van der Waals surface area contributed by atoms with Gasteiger partial charge < -0.3 is 15.5 Å². The summed E-state index contributed by atoms with van der Waals surface area (Å²) in [6, 6.07) is 12.7. The molecule has 28 heavy (non-hydrogen) atoms. The molecule has 0 aliphatic heterocycles. The molecule has 2 N–H and O–H groups in total. The van der Waals surface area contributed by atoms with Gasteiger partial charge in [0.2, 0.25) is 11.8 Å². The highest BCUT2D eigenvalue weighted by Gasteiger charge is 2.15. The number of nitrogens with one attached hydrogen (secondary N) is 2. The number of rotatable bonds is 7. The molecule has 0 saturated heterocycles. The first-order chi connectivity index (χ1) is 13.3. The van der Waals surface area contributed by atoms with E-state index in [9.17, 15) is 14.4 Å². The van der Waals surface area contributed by atoms with Gasteiger partial charge in [0.05, 0.1) is 6.54 Å². The zero-order chi connectivity index (χ0) is 20.7. The maximum atomic E-state index is 12.2. The number of benzene rings is 2. The number of aryl methyl sites for hydroxylation is 2. The predicted octanol–water partition coefficient (Wildman–Crippen LogP) is 3.28. The molecule has 3 amide bonds. The van der Waals surface area contributed by atoms with E-state index in [0.29, 0.717) is 5.56 Å². The van der Waals surface area contributed by atoms with Gasteiger partial charge >= 0.3 is 0 Å². The number of carbonyl (C=O) groups is 3. The van der Waals surface area contributed by atoms with Crippen LogP contribution in [0.1, 0.15) is 27.9 Å². The van der Waals surface area contributed by atoms with Crippen molar-refractivity contribution < 1.29 is 14.4 Å². The molecule has 7 heteroatoms. The maximum absolute atomic E-state index is 12.2. The molecule has 0 fully saturated rings. The standard InChI is InChI=1S/C21H24BrN3O3/c1-14-5-4-6-15(2)20(14)24-18(26)13-25(3)19(27)11-12-23-21(28)16-7-9-17(22)10-8-16/h4-10H,11-13H2,1-3H3,(H,23,28)(H,24,26). The SMILES string of the molecule is Cc1cccc(C)c1NC(=O)CN(C)C(=O)CCNC(=O)c1ccc(Br)cc1. The summed E-state index contributed by atoms with van der Waals surface area (Å²) in [5.74, 6) is -0.712. The minimum absolute atomic E-state index is 0.0483. The van der Waals surface area contributed by atoms with Crippen LogP contribution in [0.5, 0.6) is 0 Å². The third-order valence-corrected chi connectivity index (χ3v) is 4.81. The fourth-order valence-corrected chi connectivity index (χ4v) is 2.94. The Balaban J connectivity index is 1.78. The Morgan fingerprint density at radius 2 is 1.61 bits per heavy atom. The number of hydrogen-bond donors (Lipinski definition) is 2. The third kappa shape index (κ3) is 6.20. The molecule has 0 aliphatic carbocycles. The topological polar surface area (TPSA) is 78.5 Å². The number of carbonyl (C=O) groups excluding carboxylic acids is 3. The van der Waals surface area contributed by atoms with Crippen molar-refractivity contribution in [3.63, 3.8) is 0 Å². The summed E-state index contributed by atoms with van der Waals surface area (Å²) < 4.78 is 0.889. The highest BCUT2D eigenvalue weighted by Crippen LogP contribution is 2.19. The van der Waals surface area contributed by atoms with Gasteiger partial charge in [0.1, 0.15) is 0 Å². The van der Waals surface area contributed by atoms with E-state index in [1.807, 2.05) is 32.0 Å². The van der Waals surface area contributed by atoms with E-state index in [1.54, 1.807) is 31.3 Å². The third-order valence-electron chi connectivity index (χ3n) is 4.28. The molecule has 2 aromatic rings. The van der Waals surface area contributed by atoms with Crippen LogP contribution in [0.15, 0.2) is 46.9 Å². The molecule has 0 unspecified atom stereocenters. The quantitative estimate of drug-likeness (QED) is 0.685. The first kappa shape index (κ1) is 21.6. The smallest absolute Gasteiger partial charge is 0.251 e. The van der Waals surface area contributed by atoms with Crippen molar-refractivity contribution in [1.82, 2.24) is 10.2 Å². The lowest BCUT2D eigenvalue weighted by Crippen LogP contribution is -2.37. The predicted molar refractivity (Wildman–Crippen MR) is 113 cm³/mol. The van der Waals surface area contributed by atoms with E-state index >= 15 is 0 Å². The van der Waals surface area contributed by atoms with Gasteiger partial charge in [-0.25, -0.2) is 0 Å². The van der Waals surface area contributed by atoms with E-state index < -0.39 is 0 Å². The molecule has 2 rings (SSSR count). The first-order valence-corrected chi connectivity index (χ1v) is 9.71. The number of para-hydroxylation sites is 1. The van der Waals surface area contributed by atoms with Crippen LogP contribution in [0, 0.1) is 13.8 Å². The van der Waals surface area contributed by atoms with Crippen molar-refractivity contribution >= 4 is 39.3 Å². The lowest BCUT2D eigenvalue weighted by atomic mass is 10.1. The number of likely N-dealkylation sites (N-methyl/N-ethyl adjacent to an activating group) is 1. The van der Waals surface area contributed by atoms with E-state index in [4.69, 9.17) is 0 Å². The molecule has 0 spiro atoms. The Bertz CT molecular complexity index is 845. The van der Waals surface area contributed by atoms with Crippen molar-refractivity contribution in [1.29, 1.82) is 0 Å². The Labute approximate surface area is 173 Å². The summed E-state index contributed by atoms with van der Waals surface area (Å²) in [6.45, 7) is 4.00. The minimum atomic E-state index is -0.257. The number of hydrogen-bond acceptors (Lipinski definition) is 3. The zero-order valence-electron chi connectivity index (χ0n) is 16.2. The van der Waals surface area contributed by atoms with Crippen molar-refractivity contribution in [2.45, 2.75) is 20.3 Å². The van der Waals surface area contributed by atoms with Gasteiger partial charge in [0, 0.05) is 35.7 Å². The number of halogens is 1. The lowest BCUT2D eigenvalue weighted by molar-refractivity contribution is -0.133. The number of anilines is 1. The molecule has 0 bridgehead atoms. The van der Waals surface area contributed by atoms with Crippen molar-refractivity contribution in [2.75, 3.05) is 25.5 Å². The van der Waals surface area contributed by atoms with Gasteiger partial charge in [0.15, 0.2) is 0 Å². The zero-order valence-corrected chi connectivity index (χ0v) is 17.8. The second-order valence-corrected chi connectivity index (χ2v) is 7.49. The fourth-order valence-electron chi connectivity index (χ4n) is 2.67. The van der Waals surface area contributed by atoms with Gasteiger partial charge in [-0.2, -0.15) is 0 Å². The van der Waals surface area contributed by atoms with E-state index in [-0.39, 0.29) is 37.2 Å². The largest absolute Gasteiger partial charge is 0.352 e. The molecular formula is C21H24BrN3O3. The van der Waals surface area contributed by atoms with Gasteiger partial charge in [0.25, 0.3) is 5.91 Å². The summed E-state index contributed by atoms with van der Waals surface area (Å²) in [6.07, 6.45) is 0.120. The molecule has 0 aliphatic rings. The molecule has 0 saturated carbocycles. The molecule has 0 aromatic heterocycles. The second kappa shape index (κ2) is 10.0. The molecule has 0 atom stereocenters. The van der Waals surface area contributed by atoms with E-state index in [1.165, 1.54) is 4.90 Å². The molecular weight excluding hydrogens is 422 g/mol. The molecule has 2 aromatic carbocycles. The highest BCUT2D eigenvalue weighted by atomic mass is 79.9.